The number of carbonyl (C=O) groups excluding carboxylic acids is 1. The summed E-state index contributed by atoms with van der Waals surface area (Å²) in [5, 5.41) is 8.30. The molecule has 0 saturated heterocycles. The zero-order chi connectivity index (χ0) is 23.0. The van der Waals surface area contributed by atoms with E-state index in [4.69, 9.17) is 31.5 Å². The molecule has 0 unspecified atom stereocenters. The molecule has 1 aliphatic heterocycles. The van der Waals surface area contributed by atoms with Crippen molar-refractivity contribution in [3.05, 3.63) is 58.3 Å². The second-order valence-electron chi connectivity index (χ2n) is 7.07. The summed E-state index contributed by atoms with van der Waals surface area (Å²) in [6.07, 6.45) is 0. The molecule has 0 spiro atoms. The fraction of sp³-hybridized carbons (Fsp3) is 0.227. The molecule has 0 saturated carbocycles. The Hall–Kier alpha value is -3.72. The monoisotopic (exact) mass is 455 g/mol. The van der Waals surface area contributed by atoms with E-state index < -0.39 is 11.9 Å². The van der Waals surface area contributed by atoms with Gasteiger partial charge in [0, 0.05) is 11.3 Å². The average Bonchev–Trinajstić information content (AvgIpc) is 3.20. The van der Waals surface area contributed by atoms with Crippen LogP contribution in [0.2, 0.25) is 5.02 Å². The molecule has 2 aromatic carbocycles. The van der Waals surface area contributed by atoms with Crippen LogP contribution < -0.4 is 25.3 Å². The van der Waals surface area contributed by atoms with E-state index >= 15 is 0 Å². The lowest BCUT2D eigenvalue weighted by Crippen LogP contribution is -2.31. The SMILES string of the molecule is COc1cc([C@H]2C(C(N)=O)=C(C)Nc3nc(-c4ccccc4Cl)nn32)cc(OC)c1OC. The minimum atomic E-state index is -0.679. The first-order valence-corrected chi connectivity index (χ1v) is 10.1. The quantitative estimate of drug-likeness (QED) is 0.585. The Kier molecular flexibility index (Phi) is 5.67. The van der Waals surface area contributed by atoms with Gasteiger partial charge in [-0.15, -0.1) is 5.10 Å². The van der Waals surface area contributed by atoms with Crippen molar-refractivity contribution in [2.24, 2.45) is 5.73 Å². The zero-order valence-electron chi connectivity index (χ0n) is 18.0. The largest absolute Gasteiger partial charge is 0.493 e. The Labute approximate surface area is 189 Å². The predicted octanol–water partition coefficient (Wildman–Crippen LogP) is 3.40. The van der Waals surface area contributed by atoms with E-state index in [0.717, 1.165) is 0 Å². The van der Waals surface area contributed by atoms with Crippen molar-refractivity contribution >= 4 is 23.5 Å². The molecule has 0 bridgehead atoms. The molecule has 1 atom stereocenters. The summed E-state index contributed by atoms with van der Waals surface area (Å²) >= 11 is 6.35. The van der Waals surface area contributed by atoms with Gasteiger partial charge in [0.1, 0.15) is 6.04 Å². The van der Waals surface area contributed by atoms with Gasteiger partial charge in [-0.05, 0) is 36.8 Å². The zero-order valence-corrected chi connectivity index (χ0v) is 18.7. The Balaban J connectivity index is 1.95. The molecular formula is C22H22ClN5O4. The molecule has 10 heteroatoms. The number of halogens is 1. The molecule has 3 N–H and O–H groups in total. The van der Waals surface area contributed by atoms with Crippen LogP contribution >= 0.6 is 11.6 Å². The third-order valence-corrected chi connectivity index (χ3v) is 5.57. The first kappa shape index (κ1) is 21.5. The number of carbonyl (C=O) groups is 1. The lowest BCUT2D eigenvalue weighted by atomic mass is 9.94. The van der Waals surface area contributed by atoms with Gasteiger partial charge in [-0.2, -0.15) is 4.98 Å². The van der Waals surface area contributed by atoms with Gasteiger partial charge in [0.25, 0.3) is 0 Å². The molecule has 1 aliphatic rings. The van der Waals surface area contributed by atoms with Crippen molar-refractivity contribution in [3.63, 3.8) is 0 Å². The van der Waals surface area contributed by atoms with Gasteiger partial charge in [0.05, 0.1) is 31.9 Å². The number of fused-ring (bicyclic) bond motifs is 1. The van der Waals surface area contributed by atoms with E-state index in [1.165, 1.54) is 21.3 Å². The summed E-state index contributed by atoms with van der Waals surface area (Å²) in [4.78, 5) is 17.1. The standard InChI is InChI=1S/C22H22ClN5O4/c1-11-17(20(24)29)18(12-9-15(30-2)19(32-4)16(10-12)31-3)28-22(25-11)26-21(27-28)13-7-5-6-8-14(13)23/h5-10,18H,1-4H3,(H2,24,29)(H,25,26,27)/t18-/m0/s1. The number of nitrogens with zero attached hydrogens (tertiary/aromatic N) is 3. The molecule has 0 radical (unpaired) electrons. The molecule has 32 heavy (non-hydrogen) atoms. The van der Waals surface area contributed by atoms with E-state index in [9.17, 15) is 4.79 Å². The van der Waals surface area contributed by atoms with Crippen LogP contribution in [0.15, 0.2) is 47.7 Å². The van der Waals surface area contributed by atoms with Crippen LogP contribution in [0.3, 0.4) is 0 Å². The highest BCUT2D eigenvalue weighted by atomic mass is 35.5. The van der Waals surface area contributed by atoms with Crippen LogP contribution in [0, 0.1) is 0 Å². The molecule has 4 rings (SSSR count). The Morgan fingerprint density at radius 2 is 1.78 bits per heavy atom. The molecule has 0 fully saturated rings. The van der Waals surface area contributed by atoms with E-state index in [-0.39, 0.29) is 0 Å². The number of primary amides is 1. The van der Waals surface area contributed by atoms with Crippen LogP contribution in [0.5, 0.6) is 17.2 Å². The van der Waals surface area contributed by atoms with Crippen LogP contribution in [-0.2, 0) is 4.79 Å². The second-order valence-corrected chi connectivity index (χ2v) is 7.48. The number of methoxy groups -OCH3 is 3. The number of hydrogen-bond acceptors (Lipinski definition) is 7. The Morgan fingerprint density at radius 1 is 1.12 bits per heavy atom. The Morgan fingerprint density at radius 3 is 2.34 bits per heavy atom. The average molecular weight is 456 g/mol. The van der Waals surface area contributed by atoms with Crippen molar-refractivity contribution in [1.29, 1.82) is 0 Å². The number of benzene rings is 2. The highest BCUT2D eigenvalue weighted by Crippen LogP contribution is 2.44. The van der Waals surface area contributed by atoms with Gasteiger partial charge in [-0.25, -0.2) is 4.68 Å². The fourth-order valence-corrected chi connectivity index (χ4v) is 4.01. The number of nitrogens with two attached hydrogens (primary N) is 1. The summed E-state index contributed by atoms with van der Waals surface area (Å²) in [6, 6.07) is 10.1. The molecule has 1 amide bonds. The van der Waals surface area contributed by atoms with Crippen molar-refractivity contribution < 1.29 is 19.0 Å². The van der Waals surface area contributed by atoms with Crippen molar-refractivity contribution in [1.82, 2.24) is 14.8 Å². The van der Waals surface area contributed by atoms with Crippen molar-refractivity contribution in [2.45, 2.75) is 13.0 Å². The van der Waals surface area contributed by atoms with Crippen LogP contribution in [0.25, 0.3) is 11.4 Å². The third-order valence-electron chi connectivity index (χ3n) is 5.24. The predicted molar refractivity (Wildman–Crippen MR) is 120 cm³/mol. The van der Waals surface area contributed by atoms with Gasteiger partial charge in [0.15, 0.2) is 17.3 Å². The number of rotatable bonds is 6. The molecule has 2 heterocycles. The van der Waals surface area contributed by atoms with E-state index in [1.807, 2.05) is 18.2 Å². The number of anilines is 1. The number of hydrogen-bond donors (Lipinski definition) is 2. The van der Waals surface area contributed by atoms with Crippen molar-refractivity contribution in [2.75, 3.05) is 26.6 Å². The third kappa shape index (κ3) is 3.50. The summed E-state index contributed by atoms with van der Waals surface area (Å²) in [6.45, 7) is 1.76. The summed E-state index contributed by atoms with van der Waals surface area (Å²) in [5.74, 6) is 1.58. The highest BCUT2D eigenvalue weighted by Gasteiger charge is 2.35. The molecular weight excluding hydrogens is 434 g/mol. The lowest BCUT2D eigenvalue weighted by molar-refractivity contribution is -0.115. The van der Waals surface area contributed by atoms with Gasteiger partial charge >= 0.3 is 0 Å². The molecule has 3 aromatic rings. The normalized spacial score (nSPS) is 15.1. The van der Waals surface area contributed by atoms with E-state index in [2.05, 4.69) is 15.4 Å². The van der Waals surface area contributed by atoms with E-state index in [0.29, 0.717) is 56.4 Å². The van der Waals surface area contributed by atoms with E-state index in [1.54, 1.807) is 29.8 Å². The topological polar surface area (TPSA) is 114 Å². The first-order valence-electron chi connectivity index (χ1n) is 9.68. The van der Waals surface area contributed by atoms with Gasteiger partial charge < -0.3 is 25.3 Å². The van der Waals surface area contributed by atoms with Crippen LogP contribution in [0.1, 0.15) is 18.5 Å². The highest BCUT2D eigenvalue weighted by molar-refractivity contribution is 6.33. The maximum absolute atomic E-state index is 12.5. The van der Waals surface area contributed by atoms with Gasteiger partial charge in [-0.3, -0.25) is 4.79 Å². The van der Waals surface area contributed by atoms with Gasteiger partial charge in [0.2, 0.25) is 17.6 Å². The number of nitrogens with one attached hydrogen (secondary N) is 1. The maximum Gasteiger partial charge on any atom is 0.248 e. The molecule has 1 aromatic heterocycles. The summed E-state index contributed by atoms with van der Waals surface area (Å²) < 4.78 is 18.0. The summed E-state index contributed by atoms with van der Waals surface area (Å²) in [7, 11) is 4.57. The number of aromatic nitrogens is 3. The number of ether oxygens (including phenoxy) is 3. The maximum atomic E-state index is 12.5. The first-order chi connectivity index (χ1) is 15.4. The number of allylic oxidation sites excluding steroid dienone is 1. The molecule has 0 aliphatic carbocycles. The minimum Gasteiger partial charge on any atom is -0.493 e. The summed E-state index contributed by atoms with van der Waals surface area (Å²) in [5.41, 5.74) is 8.01. The molecule has 166 valence electrons. The Bertz CT molecular complexity index is 1210. The molecule has 9 nitrogen and oxygen atoms in total. The van der Waals surface area contributed by atoms with Crippen LogP contribution in [0.4, 0.5) is 5.95 Å². The van der Waals surface area contributed by atoms with Crippen molar-refractivity contribution in [3.8, 4) is 28.6 Å². The second kappa shape index (κ2) is 8.43. The lowest BCUT2D eigenvalue weighted by Gasteiger charge is -2.28. The minimum absolute atomic E-state index is 0.336. The number of amides is 1. The smallest absolute Gasteiger partial charge is 0.248 e. The van der Waals surface area contributed by atoms with Crippen LogP contribution in [-0.4, -0.2) is 42.0 Å². The fourth-order valence-electron chi connectivity index (χ4n) is 3.79. The van der Waals surface area contributed by atoms with Gasteiger partial charge in [-0.1, -0.05) is 23.7 Å².